The number of hydrogen-bond donors (Lipinski definition) is 3. The van der Waals surface area contributed by atoms with Gasteiger partial charge in [0.2, 0.25) is 5.91 Å². The maximum Gasteiger partial charge on any atom is 0.269 e. The lowest BCUT2D eigenvalue weighted by Crippen LogP contribution is -2.31. The van der Waals surface area contributed by atoms with Gasteiger partial charge < -0.3 is 5.32 Å². The molecule has 3 N–H and O–H groups in total. The van der Waals surface area contributed by atoms with E-state index in [9.17, 15) is 14.9 Å². The van der Waals surface area contributed by atoms with Crippen LogP contribution in [0.1, 0.15) is 25.8 Å². The molecule has 7 heteroatoms. The van der Waals surface area contributed by atoms with Gasteiger partial charge in [0, 0.05) is 43.1 Å². The van der Waals surface area contributed by atoms with E-state index in [4.69, 9.17) is 0 Å². The van der Waals surface area contributed by atoms with Crippen molar-refractivity contribution < 1.29 is 9.72 Å². The summed E-state index contributed by atoms with van der Waals surface area (Å²) in [5.74, 6) is 0.186. The third-order valence-corrected chi connectivity index (χ3v) is 3.86. The molecule has 0 aliphatic carbocycles. The summed E-state index contributed by atoms with van der Waals surface area (Å²) in [7, 11) is 0. The van der Waals surface area contributed by atoms with Crippen LogP contribution in [0.2, 0.25) is 0 Å². The van der Waals surface area contributed by atoms with Crippen LogP contribution in [0.5, 0.6) is 0 Å². The molecule has 1 aromatic rings. The molecule has 7 nitrogen and oxygen atoms in total. The van der Waals surface area contributed by atoms with Crippen LogP contribution in [0.25, 0.3) is 0 Å². The molecule has 1 saturated heterocycles. The van der Waals surface area contributed by atoms with Crippen molar-refractivity contribution in [3.05, 3.63) is 39.9 Å². The summed E-state index contributed by atoms with van der Waals surface area (Å²) in [6.45, 7) is 4.38. The number of non-ortho nitro benzene ring substituents is 1. The molecule has 1 aliphatic heterocycles. The van der Waals surface area contributed by atoms with Crippen molar-refractivity contribution >= 4 is 11.6 Å². The minimum absolute atomic E-state index is 0.0354. The summed E-state index contributed by atoms with van der Waals surface area (Å²) in [6, 6.07) is 6.77. The Balaban J connectivity index is 1.86. The van der Waals surface area contributed by atoms with E-state index >= 15 is 0 Å². The Morgan fingerprint density at radius 1 is 1.33 bits per heavy atom. The van der Waals surface area contributed by atoms with Gasteiger partial charge >= 0.3 is 0 Å². The Kier molecular flexibility index (Phi) is 4.87. The van der Waals surface area contributed by atoms with Gasteiger partial charge in [0.05, 0.1) is 4.92 Å². The molecule has 2 rings (SSSR count). The molecule has 0 bridgehead atoms. The molecule has 1 aromatic carbocycles. The fraction of sp³-hybridized carbons (Fsp3) is 0.500. The molecular formula is C14H20N4O3. The predicted molar refractivity (Wildman–Crippen MR) is 78.2 cm³/mol. The number of benzene rings is 1. The van der Waals surface area contributed by atoms with Gasteiger partial charge in [-0.15, -0.1) is 0 Å². The van der Waals surface area contributed by atoms with E-state index in [1.165, 1.54) is 12.1 Å². The SMILES string of the molecule is CC1NNC(C)C1CC(=O)NCc1cccc([N+](=O)[O-])c1. The molecule has 2 atom stereocenters. The van der Waals surface area contributed by atoms with Crippen molar-refractivity contribution in [2.75, 3.05) is 0 Å². The van der Waals surface area contributed by atoms with Gasteiger partial charge in [0.25, 0.3) is 5.69 Å². The van der Waals surface area contributed by atoms with Crippen LogP contribution in [-0.4, -0.2) is 22.9 Å². The predicted octanol–water partition coefficient (Wildman–Crippen LogP) is 1.10. The van der Waals surface area contributed by atoms with Crippen molar-refractivity contribution in [1.82, 2.24) is 16.2 Å². The number of carbonyl (C=O) groups is 1. The van der Waals surface area contributed by atoms with Gasteiger partial charge in [0.15, 0.2) is 0 Å². The second kappa shape index (κ2) is 6.64. The lowest BCUT2D eigenvalue weighted by molar-refractivity contribution is -0.384. The number of rotatable bonds is 5. The molecule has 114 valence electrons. The zero-order chi connectivity index (χ0) is 15.4. The molecule has 0 radical (unpaired) electrons. The molecule has 0 aromatic heterocycles. The summed E-state index contributed by atoms with van der Waals surface area (Å²) in [5, 5.41) is 13.5. The highest BCUT2D eigenvalue weighted by atomic mass is 16.6. The van der Waals surface area contributed by atoms with Gasteiger partial charge in [-0.2, -0.15) is 0 Å². The monoisotopic (exact) mass is 292 g/mol. The first-order chi connectivity index (χ1) is 9.97. The highest BCUT2D eigenvalue weighted by Gasteiger charge is 2.31. The highest BCUT2D eigenvalue weighted by Crippen LogP contribution is 2.18. The van der Waals surface area contributed by atoms with Gasteiger partial charge in [-0.1, -0.05) is 12.1 Å². The first-order valence-corrected chi connectivity index (χ1v) is 6.98. The third-order valence-electron chi connectivity index (χ3n) is 3.86. The topological polar surface area (TPSA) is 96.3 Å². The van der Waals surface area contributed by atoms with Crippen LogP contribution in [0.4, 0.5) is 5.69 Å². The fourth-order valence-corrected chi connectivity index (χ4v) is 2.53. The van der Waals surface area contributed by atoms with Crippen molar-refractivity contribution in [1.29, 1.82) is 0 Å². The molecule has 0 saturated carbocycles. The summed E-state index contributed by atoms with van der Waals surface area (Å²) < 4.78 is 0. The van der Waals surface area contributed by atoms with E-state index in [2.05, 4.69) is 16.2 Å². The number of hydrogen-bond acceptors (Lipinski definition) is 5. The largest absolute Gasteiger partial charge is 0.352 e. The van der Waals surface area contributed by atoms with Crippen LogP contribution in [0, 0.1) is 16.0 Å². The molecule has 1 heterocycles. The van der Waals surface area contributed by atoms with E-state index < -0.39 is 4.92 Å². The number of nitrogens with zero attached hydrogens (tertiary/aromatic N) is 1. The number of nitro groups is 1. The quantitative estimate of drug-likeness (QED) is 0.558. The molecule has 1 amide bonds. The van der Waals surface area contributed by atoms with E-state index in [0.717, 1.165) is 5.56 Å². The molecule has 0 spiro atoms. The molecule has 21 heavy (non-hydrogen) atoms. The van der Waals surface area contributed by atoms with Crippen LogP contribution in [0.3, 0.4) is 0 Å². The van der Waals surface area contributed by atoms with Crippen LogP contribution in [0.15, 0.2) is 24.3 Å². The number of hydrazine groups is 1. The van der Waals surface area contributed by atoms with E-state index in [1.807, 2.05) is 13.8 Å². The zero-order valence-electron chi connectivity index (χ0n) is 12.1. The van der Waals surface area contributed by atoms with Crippen molar-refractivity contribution in [3.63, 3.8) is 0 Å². The fourth-order valence-electron chi connectivity index (χ4n) is 2.53. The zero-order valence-corrected chi connectivity index (χ0v) is 12.1. The molecule has 1 aliphatic rings. The first-order valence-electron chi connectivity index (χ1n) is 6.98. The standard InChI is InChI=1S/C14H20N4O3/c1-9-13(10(2)17-16-9)7-14(19)15-8-11-4-3-5-12(6-11)18(20)21/h3-6,9-10,13,16-17H,7-8H2,1-2H3,(H,15,19). The minimum atomic E-state index is -0.440. The van der Waals surface area contributed by atoms with Crippen LogP contribution < -0.4 is 16.2 Å². The Morgan fingerprint density at radius 2 is 2.00 bits per heavy atom. The van der Waals surface area contributed by atoms with Crippen molar-refractivity contribution in [2.45, 2.75) is 38.9 Å². The Hall–Kier alpha value is -1.99. The Morgan fingerprint density at radius 3 is 2.62 bits per heavy atom. The van der Waals surface area contributed by atoms with Crippen LogP contribution in [-0.2, 0) is 11.3 Å². The van der Waals surface area contributed by atoms with Crippen LogP contribution >= 0.6 is 0 Å². The lowest BCUT2D eigenvalue weighted by atomic mass is 9.93. The van der Waals surface area contributed by atoms with E-state index in [-0.39, 0.29) is 29.6 Å². The maximum absolute atomic E-state index is 12.0. The number of nitro benzene ring substituents is 1. The van der Waals surface area contributed by atoms with Crippen molar-refractivity contribution in [3.8, 4) is 0 Å². The number of carbonyl (C=O) groups excluding carboxylic acids is 1. The number of amides is 1. The number of nitrogens with one attached hydrogen (secondary N) is 3. The summed E-state index contributed by atoms with van der Waals surface area (Å²) in [4.78, 5) is 22.2. The Bertz CT molecular complexity index is 525. The van der Waals surface area contributed by atoms with Gasteiger partial charge in [-0.25, -0.2) is 0 Å². The van der Waals surface area contributed by atoms with E-state index in [0.29, 0.717) is 13.0 Å². The van der Waals surface area contributed by atoms with Crippen molar-refractivity contribution in [2.24, 2.45) is 5.92 Å². The first kappa shape index (κ1) is 15.4. The third kappa shape index (κ3) is 3.99. The average Bonchev–Trinajstić information content (AvgIpc) is 2.77. The summed E-state index contributed by atoms with van der Waals surface area (Å²) >= 11 is 0. The van der Waals surface area contributed by atoms with Gasteiger partial charge in [-0.05, 0) is 19.4 Å². The smallest absolute Gasteiger partial charge is 0.269 e. The maximum atomic E-state index is 12.0. The Labute approximate surface area is 123 Å². The molecule has 2 unspecified atom stereocenters. The minimum Gasteiger partial charge on any atom is -0.352 e. The normalized spacial score (nSPS) is 24.8. The molecular weight excluding hydrogens is 272 g/mol. The lowest BCUT2D eigenvalue weighted by Gasteiger charge is -2.17. The second-order valence-electron chi connectivity index (χ2n) is 5.44. The van der Waals surface area contributed by atoms with Gasteiger partial charge in [0.1, 0.15) is 0 Å². The summed E-state index contributed by atoms with van der Waals surface area (Å²) in [6.07, 6.45) is 0.428. The highest BCUT2D eigenvalue weighted by molar-refractivity contribution is 5.76. The average molecular weight is 292 g/mol. The second-order valence-corrected chi connectivity index (χ2v) is 5.44. The van der Waals surface area contributed by atoms with E-state index in [1.54, 1.807) is 12.1 Å². The summed E-state index contributed by atoms with van der Waals surface area (Å²) in [5.41, 5.74) is 6.99. The van der Waals surface area contributed by atoms with Gasteiger partial charge in [-0.3, -0.25) is 25.8 Å². The molecule has 1 fully saturated rings.